The number of nitrogens with zero attached hydrogens (tertiary/aromatic N) is 3. The van der Waals surface area contributed by atoms with E-state index in [1.165, 1.54) is 0 Å². The van der Waals surface area contributed by atoms with Gasteiger partial charge >= 0.3 is 0 Å². The molecule has 0 bridgehead atoms. The summed E-state index contributed by atoms with van der Waals surface area (Å²) < 4.78 is 0. The number of benzene rings is 3. The molecule has 6 nitrogen and oxygen atoms in total. The first kappa shape index (κ1) is 23.4. The third-order valence-electron chi connectivity index (χ3n) is 7.22. The standard InChI is InChI=1S/C28H29ClN4O2/c1-28(20-8-10-22(30)11-9-20)26(34)25-23(32-14-12-31(2)13-15-32)16-21(29)17-24(25)33(27(28)35)18-19-6-4-3-5-7-19/h3-11,16-17H,12-15,18,30H2,1-2H3. The molecule has 1 unspecified atom stereocenters. The van der Waals surface area contributed by atoms with Crippen LogP contribution in [-0.4, -0.2) is 49.8 Å². The van der Waals surface area contributed by atoms with Gasteiger partial charge in [0.25, 0.3) is 0 Å². The molecule has 0 spiro atoms. The van der Waals surface area contributed by atoms with Crippen molar-refractivity contribution in [3.63, 3.8) is 0 Å². The second-order valence-corrected chi connectivity index (χ2v) is 10.00. The monoisotopic (exact) mass is 488 g/mol. The van der Waals surface area contributed by atoms with Crippen LogP contribution < -0.4 is 15.5 Å². The Balaban J connectivity index is 1.71. The Morgan fingerprint density at radius 3 is 2.20 bits per heavy atom. The van der Waals surface area contributed by atoms with Crippen LogP contribution in [0, 0.1) is 0 Å². The predicted molar refractivity (Wildman–Crippen MR) is 141 cm³/mol. The Bertz CT molecular complexity index is 1270. The fourth-order valence-electron chi connectivity index (χ4n) is 5.04. The van der Waals surface area contributed by atoms with E-state index >= 15 is 0 Å². The van der Waals surface area contributed by atoms with Crippen molar-refractivity contribution >= 4 is 40.4 Å². The van der Waals surface area contributed by atoms with Crippen molar-refractivity contribution in [2.24, 2.45) is 0 Å². The third kappa shape index (κ3) is 4.07. The van der Waals surface area contributed by atoms with Crippen LogP contribution in [0.3, 0.4) is 0 Å². The van der Waals surface area contributed by atoms with Gasteiger partial charge in [0.2, 0.25) is 5.91 Å². The lowest BCUT2D eigenvalue weighted by molar-refractivity contribution is -0.122. The summed E-state index contributed by atoms with van der Waals surface area (Å²) in [5.41, 5.74) is 8.63. The molecule has 1 saturated heterocycles. The van der Waals surface area contributed by atoms with Crippen LogP contribution in [0.2, 0.25) is 5.02 Å². The smallest absolute Gasteiger partial charge is 0.245 e. The summed E-state index contributed by atoms with van der Waals surface area (Å²) in [6.07, 6.45) is 0. The molecule has 7 heteroatoms. The van der Waals surface area contributed by atoms with Gasteiger partial charge in [-0.1, -0.05) is 54.1 Å². The average molecular weight is 489 g/mol. The van der Waals surface area contributed by atoms with Crippen LogP contribution in [0.25, 0.3) is 0 Å². The minimum absolute atomic E-state index is 0.211. The number of carbonyl (C=O) groups is 2. The number of hydrogen-bond acceptors (Lipinski definition) is 5. The van der Waals surface area contributed by atoms with E-state index in [9.17, 15) is 9.59 Å². The molecule has 1 fully saturated rings. The molecule has 5 rings (SSSR count). The Kier molecular flexibility index (Phi) is 6.03. The summed E-state index contributed by atoms with van der Waals surface area (Å²) in [6.45, 7) is 5.40. The topological polar surface area (TPSA) is 69.9 Å². The van der Waals surface area contributed by atoms with Crippen LogP contribution in [0.4, 0.5) is 17.1 Å². The zero-order valence-electron chi connectivity index (χ0n) is 20.0. The average Bonchev–Trinajstić information content (AvgIpc) is 2.86. The van der Waals surface area contributed by atoms with Gasteiger partial charge in [-0.3, -0.25) is 9.59 Å². The second kappa shape index (κ2) is 9.02. The summed E-state index contributed by atoms with van der Waals surface area (Å²) in [7, 11) is 2.09. The van der Waals surface area contributed by atoms with Crippen molar-refractivity contribution in [3.8, 4) is 0 Å². The first-order chi connectivity index (χ1) is 16.8. The normalized spacial score (nSPS) is 20.8. The maximum atomic E-state index is 14.3. The van der Waals surface area contributed by atoms with Crippen molar-refractivity contribution in [1.29, 1.82) is 0 Å². The fourth-order valence-corrected chi connectivity index (χ4v) is 5.25. The van der Waals surface area contributed by atoms with E-state index in [1.54, 1.807) is 42.2 Å². The molecule has 0 aliphatic carbocycles. The Morgan fingerprint density at radius 1 is 0.914 bits per heavy atom. The molecule has 0 radical (unpaired) electrons. The van der Waals surface area contributed by atoms with Crippen molar-refractivity contribution in [2.75, 3.05) is 48.8 Å². The number of rotatable bonds is 4. The summed E-state index contributed by atoms with van der Waals surface area (Å²) in [5, 5.41) is 0.507. The van der Waals surface area contributed by atoms with E-state index in [0.717, 1.165) is 37.4 Å². The van der Waals surface area contributed by atoms with Crippen LogP contribution in [-0.2, 0) is 16.8 Å². The SMILES string of the molecule is CN1CCN(c2cc(Cl)cc3c2C(=O)C(C)(c2ccc(N)cc2)C(=O)N3Cc2ccccc2)CC1. The van der Waals surface area contributed by atoms with Gasteiger partial charge in [0.1, 0.15) is 5.41 Å². The molecular weight excluding hydrogens is 460 g/mol. The number of Topliss-reactive ketones (excluding diaryl/α,β-unsaturated/α-hetero) is 1. The number of piperazine rings is 1. The molecule has 2 aliphatic heterocycles. The number of halogens is 1. The largest absolute Gasteiger partial charge is 0.399 e. The van der Waals surface area contributed by atoms with Crippen molar-refractivity contribution in [2.45, 2.75) is 18.9 Å². The van der Waals surface area contributed by atoms with Gasteiger partial charge in [-0.05, 0) is 49.4 Å². The Morgan fingerprint density at radius 2 is 1.54 bits per heavy atom. The second-order valence-electron chi connectivity index (χ2n) is 9.56. The highest BCUT2D eigenvalue weighted by atomic mass is 35.5. The number of anilines is 3. The quantitative estimate of drug-likeness (QED) is 0.436. The zero-order valence-corrected chi connectivity index (χ0v) is 20.8. The first-order valence-electron chi connectivity index (χ1n) is 11.8. The van der Waals surface area contributed by atoms with Gasteiger partial charge in [-0.15, -0.1) is 0 Å². The van der Waals surface area contributed by atoms with Gasteiger partial charge in [0.05, 0.1) is 23.5 Å². The number of hydrogen-bond donors (Lipinski definition) is 1. The van der Waals surface area contributed by atoms with Crippen molar-refractivity contribution in [1.82, 2.24) is 4.90 Å². The zero-order chi connectivity index (χ0) is 24.7. The number of carbonyl (C=O) groups excluding carboxylic acids is 2. The molecule has 0 saturated carbocycles. The predicted octanol–water partition coefficient (Wildman–Crippen LogP) is 4.36. The number of amides is 1. The molecule has 1 amide bonds. The number of likely N-dealkylation sites (N-methyl/N-ethyl adjacent to an activating group) is 1. The highest BCUT2D eigenvalue weighted by molar-refractivity contribution is 6.34. The maximum absolute atomic E-state index is 14.3. The first-order valence-corrected chi connectivity index (χ1v) is 12.2. The van der Waals surface area contributed by atoms with E-state index in [0.29, 0.717) is 34.1 Å². The van der Waals surface area contributed by atoms with Gasteiger partial charge in [-0.25, -0.2) is 0 Å². The molecule has 1 atom stereocenters. The van der Waals surface area contributed by atoms with Crippen LogP contribution in [0.1, 0.15) is 28.4 Å². The third-order valence-corrected chi connectivity index (χ3v) is 7.44. The Hall–Kier alpha value is -3.35. The number of fused-ring (bicyclic) bond motifs is 1. The number of nitrogens with two attached hydrogens (primary N) is 1. The molecule has 180 valence electrons. The lowest BCUT2D eigenvalue weighted by Gasteiger charge is -2.43. The van der Waals surface area contributed by atoms with E-state index in [2.05, 4.69) is 16.8 Å². The molecular formula is C28H29ClN4O2. The lowest BCUT2D eigenvalue weighted by Crippen LogP contribution is -2.55. The molecule has 2 N–H and O–H groups in total. The van der Waals surface area contributed by atoms with Crippen LogP contribution in [0.5, 0.6) is 0 Å². The molecule has 0 aromatic heterocycles. The van der Waals surface area contributed by atoms with Gasteiger partial charge in [-0.2, -0.15) is 0 Å². The van der Waals surface area contributed by atoms with E-state index in [4.69, 9.17) is 17.3 Å². The Labute approximate surface area is 210 Å². The maximum Gasteiger partial charge on any atom is 0.245 e. The molecule has 2 aliphatic rings. The molecule has 3 aromatic carbocycles. The molecule has 2 heterocycles. The minimum Gasteiger partial charge on any atom is -0.399 e. The highest BCUT2D eigenvalue weighted by Crippen LogP contribution is 2.46. The van der Waals surface area contributed by atoms with Crippen LogP contribution >= 0.6 is 11.6 Å². The van der Waals surface area contributed by atoms with E-state index < -0.39 is 5.41 Å². The van der Waals surface area contributed by atoms with Gasteiger partial charge in [0.15, 0.2) is 5.78 Å². The number of nitrogen functional groups attached to an aromatic ring is 1. The fraction of sp³-hybridized carbons (Fsp3) is 0.286. The van der Waals surface area contributed by atoms with Gasteiger partial charge < -0.3 is 20.4 Å². The minimum atomic E-state index is -1.38. The lowest BCUT2D eigenvalue weighted by atomic mass is 9.71. The summed E-state index contributed by atoms with van der Waals surface area (Å²) >= 11 is 6.60. The number of ketones is 1. The van der Waals surface area contributed by atoms with E-state index in [1.807, 2.05) is 36.4 Å². The summed E-state index contributed by atoms with van der Waals surface area (Å²) in [6, 6.07) is 20.4. The summed E-state index contributed by atoms with van der Waals surface area (Å²) in [4.78, 5) is 34.7. The van der Waals surface area contributed by atoms with Crippen LogP contribution in [0.15, 0.2) is 66.7 Å². The van der Waals surface area contributed by atoms with Crippen molar-refractivity contribution < 1.29 is 9.59 Å². The van der Waals surface area contributed by atoms with E-state index in [-0.39, 0.29) is 11.7 Å². The highest BCUT2D eigenvalue weighted by Gasteiger charge is 2.52. The van der Waals surface area contributed by atoms with Crippen molar-refractivity contribution in [3.05, 3.63) is 88.4 Å². The molecule has 35 heavy (non-hydrogen) atoms. The summed E-state index contributed by atoms with van der Waals surface area (Å²) in [5.74, 6) is -0.479. The molecule has 3 aromatic rings. The van der Waals surface area contributed by atoms with Gasteiger partial charge in [0, 0.05) is 36.9 Å².